The summed E-state index contributed by atoms with van der Waals surface area (Å²) >= 11 is 0. The fraction of sp³-hybridized carbons (Fsp3) is 0.519. The van der Waals surface area contributed by atoms with Crippen molar-refractivity contribution in [1.82, 2.24) is 36.8 Å². The molecule has 392 valence electrons. The van der Waals surface area contributed by atoms with Gasteiger partial charge in [-0.25, -0.2) is 0 Å². The molecule has 0 aromatic heterocycles. The molecule has 0 aliphatic carbocycles. The van der Waals surface area contributed by atoms with Gasteiger partial charge in [0.25, 0.3) is 0 Å². The Hall–Kier alpha value is -6.82. The molecule has 0 radical (unpaired) electrons. The van der Waals surface area contributed by atoms with Gasteiger partial charge >= 0.3 is 0 Å². The third kappa shape index (κ3) is 18.4. The van der Waals surface area contributed by atoms with Crippen LogP contribution in [0.5, 0.6) is 5.75 Å². The molecule has 0 saturated carbocycles. The van der Waals surface area contributed by atoms with E-state index in [9.17, 15) is 43.5 Å². The van der Waals surface area contributed by atoms with E-state index in [0.717, 1.165) is 16.7 Å². The molecule has 9 N–H and O–H groups in total. The summed E-state index contributed by atoms with van der Waals surface area (Å²) in [6.07, 6.45) is -0.235. The van der Waals surface area contributed by atoms with E-state index >= 15 is 0 Å². The van der Waals surface area contributed by atoms with Crippen molar-refractivity contribution in [2.24, 2.45) is 23.5 Å². The Morgan fingerprint density at radius 3 is 1.71 bits per heavy atom. The predicted octanol–water partition coefficient (Wildman–Crippen LogP) is 2.63. The minimum Gasteiger partial charge on any atom is -0.497 e. The summed E-state index contributed by atoms with van der Waals surface area (Å²) in [5.74, 6) is -4.68. The SMILES string of the molecule is COc1ccc(C[C@H](NC(C)=O)C(=O)N2CCC[C@@H]2C(=O)N[C@@H](Cc2ccccc2)C(=O)N[C@H](C(=O)N[C@@H](CC(C)C)[C@@H](O)CC(=O)N[C@@H](CC(C)C)C(=O)N[C@@H](Cc2ccccc2)C(N)=O)C(C)C)cc1. The van der Waals surface area contributed by atoms with Crippen molar-refractivity contribution >= 4 is 47.3 Å². The molecule has 1 heterocycles. The number of aliphatic hydroxyl groups excluding tert-OH is 1. The zero-order valence-electron chi connectivity index (χ0n) is 42.9. The van der Waals surface area contributed by atoms with Gasteiger partial charge in [-0.15, -0.1) is 0 Å². The Morgan fingerprint density at radius 2 is 1.18 bits per heavy atom. The lowest BCUT2D eigenvalue weighted by molar-refractivity contribution is -0.142. The van der Waals surface area contributed by atoms with Crippen LogP contribution in [0.2, 0.25) is 0 Å². The molecule has 18 heteroatoms. The van der Waals surface area contributed by atoms with Gasteiger partial charge in [-0.1, -0.05) is 114 Å². The number of nitrogens with zero attached hydrogens (tertiary/aromatic N) is 1. The molecule has 1 aliphatic heterocycles. The molecule has 1 saturated heterocycles. The van der Waals surface area contributed by atoms with E-state index in [4.69, 9.17) is 10.5 Å². The normalized spacial score (nSPS) is 16.3. The Balaban J connectivity index is 1.48. The molecule has 1 aliphatic rings. The van der Waals surface area contributed by atoms with Gasteiger partial charge in [0.15, 0.2) is 0 Å². The summed E-state index contributed by atoms with van der Waals surface area (Å²) in [6, 6.07) is 17.8. The van der Waals surface area contributed by atoms with Crippen molar-refractivity contribution in [3.8, 4) is 5.75 Å². The van der Waals surface area contributed by atoms with Gasteiger partial charge in [-0.3, -0.25) is 38.4 Å². The number of nitrogens with two attached hydrogens (primary N) is 1. The van der Waals surface area contributed by atoms with Crippen LogP contribution in [0.4, 0.5) is 0 Å². The lowest BCUT2D eigenvalue weighted by atomic mass is 9.95. The molecule has 1 fully saturated rings. The van der Waals surface area contributed by atoms with Gasteiger partial charge in [0.1, 0.15) is 42.0 Å². The quantitative estimate of drug-likeness (QED) is 0.0554. The van der Waals surface area contributed by atoms with Crippen LogP contribution in [-0.2, 0) is 57.6 Å². The first-order chi connectivity index (χ1) is 34.1. The molecule has 0 unspecified atom stereocenters. The van der Waals surface area contributed by atoms with Gasteiger partial charge < -0.3 is 52.4 Å². The van der Waals surface area contributed by atoms with Crippen LogP contribution in [0.15, 0.2) is 84.9 Å². The van der Waals surface area contributed by atoms with Crippen LogP contribution >= 0.6 is 0 Å². The van der Waals surface area contributed by atoms with E-state index in [-0.39, 0.29) is 50.5 Å². The third-order valence-corrected chi connectivity index (χ3v) is 12.5. The van der Waals surface area contributed by atoms with Crippen molar-refractivity contribution in [3.63, 3.8) is 0 Å². The van der Waals surface area contributed by atoms with Crippen molar-refractivity contribution in [2.75, 3.05) is 13.7 Å². The number of benzene rings is 3. The second-order valence-corrected chi connectivity index (χ2v) is 19.9. The number of carbonyl (C=O) groups is 8. The molecule has 0 spiro atoms. The molecule has 18 nitrogen and oxygen atoms in total. The van der Waals surface area contributed by atoms with E-state index in [0.29, 0.717) is 18.6 Å². The molecule has 3 aromatic carbocycles. The topological polar surface area (TPSA) is 267 Å². The van der Waals surface area contributed by atoms with Gasteiger partial charge in [-0.05, 0) is 72.3 Å². The molecule has 72 heavy (non-hydrogen) atoms. The molecule has 0 bridgehead atoms. The first-order valence-electron chi connectivity index (χ1n) is 24.9. The number of nitrogens with one attached hydrogen (secondary N) is 6. The van der Waals surface area contributed by atoms with E-state index < -0.39 is 108 Å². The highest BCUT2D eigenvalue weighted by molar-refractivity contribution is 5.96. The van der Waals surface area contributed by atoms with Gasteiger partial charge in [0.2, 0.25) is 47.3 Å². The minimum absolute atomic E-state index is 0.0456. The maximum Gasteiger partial charge on any atom is 0.246 e. The number of carbonyl (C=O) groups excluding carboxylic acids is 8. The second-order valence-electron chi connectivity index (χ2n) is 19.9. The Bertz CT molecular complexity index is 2280. The lowest BCUT2D eigenvalue weighted by Gasteiger charge is -2.31. The molecule has 3 aromatic rings. The lowest BCUT2D eigenvalue weighted by Crippen LogP contribution is -2.60. The largest absolute Gasteiger partial charge is 0.497 e. The van der Waals surface area contributed by atoms with Crippen LogP contribution in [0.1, 0.15) is 97.3 Å². The van der Waals surface area contributed by atoms with Gasteiger partial charge in [0.05, 0.1) is 25.7 Å². The van der Waals surface area contributed by atoms with Crippen molar-refractivity contribution < 1.29 is 48.2 Å². The monoisotopic (exact) mass is 997 g/mol. The zero-order chi connectivity index (χ0) is 53.1. The molecule has 8 atom stereocenters. The van der Waals surface area contributed by atoms with Gasteiger partial charge in [0, 0.05) is 32.7 Å². The number of likely N-dealkylation sites (tertiary alicyclic amines) is 1. The summed E-state index contributed by atoms with van der Waals surface area (Å²) in [5.41, 5.74) is 7.93. The average molecular weight is 997 g/mol. The number of methoxy groups -OCH3 is 1. The fourth-order valence-corrected chi connectivity index (χ4v) is 8.79. The van der Waals surface area contributed by atoms with Crippen molar-refractivity contribution in [2.45, 2.75) is 148 Å². The maximum atomic E-state index is 14.4. The Kier molecular flexibility index (Phi) is 22.7. The molecule has 4 rings (SSSR count). The zero-order valence-corrected chi connectivity index (χ0v) is 42.9. The Labute approximate surface area is 423 Å². The number of primary amides is 1. The second kappa shape index (κ2) is 28.3. The van der Waals surface area contributed by atoms with Crippen LogP contribution in [0, 0.1) is 17.8 Å². The highest BCUT2D eigenvalue weighted by atomic mass is 16.5. The average Bonchev–Trinajstić information content (AvgIpc) is 3.82. The van der Waals surface area contributed by atoms with Gasteiger partial charge in [-0.2, -0.15) is 0 Å². The first-order valence-corrected chi connectivity index (χ1v) is 24.9. The number of amides is 8. The fourth-order valence-electron chi connectivity index (χ4n) is 8.79. The van der Waals surface area contributed by atoms with E-state index in [1.54, 1.807) is 93.8 Å². The standard InChI is InChI=1S/C54H76N8O10/c1-32(2)26-40(46(64)31-47(65)57-42(27-33(3)4)50(67)59-41(49(55)66)28-36-16-11-9-12-17-36)58-53(70)48(34(5)6)61-51(68)43(29-37-18-13-10-14-19-37)60-52(69)45-20-15-25-62(45)54(71)44(56-35(7)63)30-38-21-23-39(72-8)24-22-38/h9-14,16-19,21-24,32-34,40-46,48,64H,15,20,25-31H2,1-8H3,(H2,55,66)(H,56,63)(H,57,65)(H,58,70)(H,59,67)(H,60,69)(H,61,68)/t40-,41-,42-,43-,44-,45+,46-,48-/m0/s1. The summed E-state index contributed by atoms with van der Waals surface area (Å²) in [4.78, 5) is 110. The van der Waals surface area contributed by atoms with Crippen LogP contribution in [0.3, 0.4) is 0 Å². The summed E-state index contributed by atoms with van der Waals surface area (Å²) in [6.45, 7) is 12.6. The first kappa shape index (κ1) is 57.8. The molecule has 8 amide bonds. The minimum atomic E-state index is -1.41. The maximum absolute atomic E-state index is 14.4. The molecular weight excluding hydrogens is 921 g/mol. The van der Waals surface area contributed by atoms with Crippen LogP contribution in [0.25, 0.3) is 0 Å². The highest BCUT2D eigenvalue weighted by Crippen LogP contribution is 2.22. The van der Waals surface area contributed by atoms with E-state index in [2.05, 4.69) is 31.9 Å². The van der Waals surface area contributed by atoms with E-state index in [1.807, 2.05) is 39.8 Å². The third-order valence-electron chi connectivity index (χ3n) is 12.5. The molecular formula is C54H76N8O10. The van der Waals surface area contributed by atoms with Crippen LogP contribution < -0.4 is 42.4 Å². The number of hydrogen-bond donors (Lipinski definition) is 8. The van der Waals surface area contributed by atoms with Crippen LogP contribution in [-0.4, -0.2) is 119 Å². The predicted molar refractivity (Wildman–Crippen MR) is 273 cm³/mol. The number of rotatable bonds is 27. The number of hydrogen-bond acceptors (Lipinski definition) is 10. The smallest absolute Gasteiger partial charge is 0.246 e. The number of aliphatic hydroxyl groups is 1. The van der Waals surface area contributed by atoms with Crippen molar-refractivity contribution in [1.29, 1.82) is 0 Å². The van der Waals surface area contributed by atoms with Crippen molar-refractivity contribution in [3.05, 3.63) is 102 Å². The summed E-state index contributed by atoms with van der Waals surface area (Å²) in [5, 5.41) is 28.3. The van der Waals surface area contributed by atoms with E-state index in [1.165, 1.54) is 11.8 Å². The highest BCUT2D eigenvalue weighted by Gasteiger charge is 2.40. The Morgan fingerprint density at radius 1 is 0.639 bits per heavy atom. The summed E-state index contributed by atoms with van der Waals surface area (Å²) < 4.78 is 5.25. The number of ether oxygens (including phenoxy) is 1. The summed E-state index contributed by atoms with van der Waals surface area (Å²) in [7, 11) is 1.54.